The van der Waals surface area contributed by atoms with E-state index in [4.69, 9.17) is 10.8 Å². The highest BCUT2D eigenvalue weighted by atomic mass is 32.2. The van der Waals surface area contributed by atoms with Gasteiger partial charge >= 0.3 is 0 Å². The molecule has 0 fully saturated rings. The smallest absolute Gasteiger partial charge is 0.294 e. The van der Waals surface area contributed by atoms with E-state index in [0.717, 1.165) is 3.97 Å². The van der Waals surface area contributed by atoms with Crippen LogP contribution in [0.4, 0.5) is 0 Å². The maximum absolute atomic E-state index is 13.6. The minimum Gasteiger partial charge on any atom is -0.467 e. The predicted octanol–water partition coefficient (Wildman–Crippen LogP) is 3.09. The molecule has 34 heavy (non-hydrogen) atoms. The number of rotatable bonds is 6. The first kappa shape index (κ1) is 21.4. The van der Waals surface area contributed by atoms with Gasteiger partial charge < -0.3 is 9.32 Å². The van der Waals surface area contributed by atoms with Crippen molar-refractivity contribution in [1.82, 2.24) is 24.1 Å². The number of hydrogen-bond acceptors (Lipinski definition) is 7. The van der Waals surface area contributed by atoms with E-state index in [9.17, 15) is 13.2 Å². The van der Waals surface area contributed by atoms with Crippen LogP contribution in [0, 0.1) is 12.3 Å². The Morgan fingerprint density at radius 2 is 1.79 bits per heavy atom. The fourth-order valence-electron chi connectivity index (χ4n) is 3.67. The molecule has 5 rings (SSSR count). The molecule has 0 N–H and O–H groups in total. The Morgan fingerprint density at radius 1 is 1.03 bits per heavy atom. The molecule has 3 heterocycles. The molecule has 168 valence electrons. The van der Waals surface area contributed by atoms with Crippen LogP contribution < -0.4 is 0 Å². The Labute approximate surface area is 194 Å². The second-order valence-corrected chi connectivity index (χ2v) is 9.14. The zero-order chi connectivity index (χ0) is 23.7. The second kappa shape index (κ2) is 8.46. The lowest BCUT2D eigenvalue weighted by atomic mass is 10.2. The third kappa shape index (κ3) is 3.58. The Morgan fingerprint density at radius 3 is 2.53 bits per heavy atom. The van der Waals surface area contributed by atoms with Crippen molar-refractivity contribution >= 4 is 38.0 Å². The Hall–Kier alpha value is -4.49. The molecule has 0 saturated heterocycles. The third-order valence-corrected chi connectivity index (χ3v) is 6.93. The number of hydrogen-bond donors (Lipinski definition) is 0. The lowest BCUT2D eigenvalue weighted by molar-refractivity contribution is 0.0742. The molecule has 0 aliphatic carbocycles. The molecule has 0 spiro atoms. The summed E-state index contributed by atoms with van der Waals surface area (Å²) in [5, 5.41) is 8.72. The molecule has 3 aromatic heterocycles. The summed E-state index contributed by atoms with van der Waals surface area (Å²) in [6.45, 7) is 0.0783. The molecule has 1 amide bonds. The highest BCUT2D eigenvalue weighted by Crippen LogP contribution is 2.30. The maximum Gasteiger partial charge on any atom is 0.294 e. The van der Waals surface area contributed by atoms with Gasteiger partial charge in [-0.1, -0.05) is 42.3 Å². The van der Waals surface area contributed by atoms with E-state index in [-0.39, 0.29) is 35.0 Å². The standard InChI is InChI=1S/C24H17N5O4S/c1-2-14-28(16-17-9-8-15-33-17)24(30)22-25-23-21(26-27-22)19-12-6-7-13-20(19)29(23)34(31,32)18-10-4-3-5-11-18/h1,3-13,15H,14,16H2. The van der Waals surface area contributed by atoms with Crippen LogP contribution in [-0.4, -0.2) is 44.9 Å². The molecule has 5 aromatic rings. The first-order chi connectivity index (χ1) is 16.5. The van der Waals surface area contributed by atoms with Gasteiger partial charge in [0, 0.05) is 5.39 Å². The first-order valence-electron chi connectivity index (χ1n) is 10.2. The number of carbonyl (C=O) groups is 1. The van der Waals surface area contributed by atoms with E-state index in [0.29, 0.717) is 16.7 Å². The summed E-state index contributed by atoms with van der Waals surface area (Å²) >= 11 is 0. The monoisotopic (exact) mass is 471 g/mol. The number of amides is 1. The van der Waals surface area contributed by atoms with Gasteiger partial charge in [0.15, 0.2) is 5.65 Å². The Kier molecular flexibility index (Phi) is 5.31. The van der Waals surface area contributed by atoms with Crippen LogP contribution in [0.3, 0.4) is 0 Å². The van der Waals surface area contributed by atoms with Crippen molar-refractivity contribution in [3.8, 4) is 12.3 Å². The van der Waals surface area contributed by atoms with Gasteiger partial charge in [-0.15, -0.1) is 16.6 Å². The van der Waals surface area contributed by atoms with Crippen molar-refractivity contribution in [3.63, 3.8) is 0 Å². The summed E-state index contributed by atoms with van der Waals surface area (Å²) in [6, 6.07) is 18.3. The zero-order valence-electron chi connectivity index (χ0n) is 17.7. The number of terminal acetylenes is 1. The second-order valence-electron chi connectivity index (χ2n) is 7.35. The summed E-state index contributed by atoms with van der Waals surface area (Å²) in [5.41, 5.74) is 0.645. The molecule has 0 saturated carbocycles. The van der Waals surface area contributed by atoms with Gasteiger partial charge in [-0.25, -0.2) is 17.4 Å². The average molecular weight is 471 g/mol. The van der Waals surface area contributed by atoms with E-state index in [1.807, 2.05) is 0 Å². The van der Waals surface area contributed by atoms with Gasteiger partial charge in [-0.2, -0.15) is 0 Å². The number of benzene rings is 2. The number of para-hydroxylation sites is 1. The van der Waals surface area contributed by atoms with E-state index < -0.39 is 15.9 Å². The molecular weight excluding hydrogens is 454 g/mol. The number of furan rings is 1. The third-order valence-electron chi connectivity index (χ3n) is 5.21. The summed E-state index contributed by atoms with van der Waals surface area (Å²) in [4.78, 5) is 19.0. The van der Waals surface area contributed by atoms with Crippen LogP contribution in [-0.2, 0) is 16.6 Å². The minimum absolute atomic E-state index is 0.00191. The first-order valence-corrected chi connectivity index (χ1v) is 11.6. The molecule has 0 bridgehead atoms. The van der Waals surface area contributed by atoms with E-state index in [2.05, 4.69) is 21.1 Å². The van der Waals surface area contributed by atoms with Crippen LogP contribution in [0.25, 0.3) is 22.1 Å². The predicted molar refractivity (Wildman–Crippen MR) is 124 cm³/mol. The van der Waals surface area contributed by atoms with Gasteiger partial charge in [-0.05, 0) is 30.3 Å². The van der Waals surface area contributed by atoms with Gasteiger partial charge in [0.25, 0.3) is 15.9 Å². The lowest BCUT2D eigenvalue weighted by Gasteiger charge is -2.17. The highest BCUT2D eigenvalue weighted by Gasteiger charge is 2.27. The fraction of sp³-hybridized carbons (Fsp3) is 0.0833. The SMILES string of the molecule is C#CCN(Cc1ccco1)C(=O)c1nnc2c3ccccc3n(S(=O)(=O)c3ccccc3)c2n1. The van der Waals surface area contributed by atoms with Crippen molar-refractivity contribution < 1.29 is 17.6 Å². The van der Waals surface area contributed by atoms with Gasteiger partial charge in [0.2, 0.25) is 5.82 Å². The Bertz CT molecular complexity index is 1650. The van der Waals surface area contributed by atoms with Crippen molar-refractivity contribution in [2.24, 2.45) is 0 Å². The fourth-order valence-corrected chi connectivity index (χ4v) is 5.16. The van der Waals surface area contributed by atoms with Crippen molar-refractivity contribution in [2.45, 2.75) is 11.4 Å². The van der Waals surface area contributed by atoms with Crippen molar-refractivity contribution in [3.05, 3.63) is 84.6 Å². The minimum atomic E-state index is -4.05. The Balaban J connectivity index is 1.69. The summed E-state index contributed by atoms with van der Waals surface area (Å²) in [7, 11) is -4.05. The molecule has 10 heteroatoms. The largest absolute Gasteiger partial charge is 0.467 e. The summed E-state index contributed by atoms with van der Waals surface area (Å²) in [5.74, 6) is 2.08. The van der Waals surface area contributed by atoms with Crippen molar-refractivity contribution in [1.29, 1.82) is 0 Å². The number of fused-ring (bicyclic) bond motifs is 3. The quantitative estimate of drug-likeness (QED) is 0.350. The summed E-state index contributed by atoms with van der Waals surface area (Å²) < 4.78 is 33.6. The lowest BCUT2D eigenvalue weighted by Crippen LogP contribution is -2.32. The normalized spacial score (nSPS) is 11.5. The molecule has 0 aliphatic heterocycles. The number of nitrogens with zero attached hydrogens (tertiary/aromatic N) is 5. The molecule has 0 atom stereocenters. The van der Waals surface area contributed by atoms with Crippen LogP contribution in [0.1, 0.15) is 16.4 Å². The van der Waals surface area contributed by atoms with Crippen LogP contribution in [0.5, 0.6) is 0 Å². The topological polar surface area (TPSA) is 111 Å². The van der Waals surface area contributed by atoms with Crippen LogP contribution >= 0.6 is 0 Å². The molecular formula is C24H17N5O4S. The maximum atomic E-state index is 13.6. The molecule has 0 radical (unpaired) electrons. The highest BCUT2D eigenvalue weighted by molar-refractivity contribution is 7.90. The van der Waals surface area contributed by atoms with Gasteiger partial charge in [-0.3, -0.25) is 4.79 Å². The van der Waals surface area contributed by atoms with E-state index in [1.165, 1.54) is 23.3 Å². The van der Waals surface area contributed by atoms with Gasteiger partial charge in [0.05, 0.1) is 29.8 Å². The summed E-state index contributed by atoms with van der Waals surface area (Å²) in [6.07, 6.45) is 6.94. The van der Waals surface area contributed by atoms with E-state index >= 15 is 0 Å². The number of carbonyl (C=O) groups excluding carboxylic acids is 1. The number of aromatic nitrogens is 4. The van der Waals surface area contributed by atoms with Crippen molar-refractivity contribution in [2.75, 3.05) is 6.54 Å². The molecule has 0 aliphatic rings. The molecule has 2 aromatic carbocycles. The van der Waals surface area contributed by atoms with Crippen LogP contribution in [0.15, 0.2) is 82.3 Å². The van der Waals surface area contributed by atoms with E-state index in [1.54, 1.807) is 54.6 Å². The van der Waals surface area contributed by atoms with Crippen LogP contribution in [0.2, 0.25) is 0 Å². The zero-order valence-corrected chi connectivity index (χ0v) is 18.5. The molecule has 9 nitrogen and oxygen atoms in total. The van der Waals surface area contributed by atoms with Gasteiger partial charge in [0.1, 0.15) is 11.3 Å². The average Bonchev–Trinajstić information content (AvgIpc) is 3.49. The molecule has 0 unspecified atom stereocenters.